The van der Waals surface area contributed by atoms with E-state index in [1.54, 1.807) is 6.26 Å². The van der Waals surface area contributed by atoms with Crippen molar-refractivity contribution in [3.8, 4) is 5.75 Å². The zero-order valence-electron chi connectivity index (χ0n) is 7.60. The minimum atomic E-state index is 0. The Hall–Kier alpha value is -0.786. The van der Waals surface area contributed by atoms with Gasteiger partial charge < -0.3 is 4.74 Å². The maximum absolute atomic E-state index is 5.28. The molecule has 0 bridgehead atoms. The second-order valence-electron chi connectivity index (χ2n) is 2.29. The number of hydrogen-bond donors (Lipinski definition) is 0. The maximum Gasteiger partial charge on any atom is 0.126 e. The molecule has 1 aromatic carbocycles. The normalized spacial score (nSPS) is 10.2. The number of benzene rings is 1. The number of allylic oxidation sites excluding steroid dienone is 3. The molecule has 0 saturated heterocycles. The molecule has 1 aromatic rings. The SMILES string of the molecule is CC=CC=COc1ccccc1.[Ti]. The summed E-state index contributed by atoms with van der Waals surface area (Å²) in [6.45, 7) is 1.97. The van der Waals surface area contributed by atoms with E-state index in [2.05, 4.69) is 0 Å². The predicted molar refractivity (Wildman–Crippen MR) is 51.0 cm³/mol. The standard InChI is InChI=1S/C11H12O.Ti/c1-2-3-7-10-12-11-8-5-4-6-9-11;/h2-10H,1H3;. The van der Waals surface area contributed by atoms with E-state index in [0.29, 0.717) is 0 Å². The molecule has 0 aliphatic rings. The van der Waals surface area contributed by atoms with Gasteiger partial charge in [-0.05, 0) is 25.1 Å². The molecule has 0 heterocycles. The number of para-hydroxylation sites is 1. The van der Waals surface area contributed by atoms with Crippen molar-refractivity contribution in [2.24, 2.45) is 0 Å². The molecule has 0 atom stereocenters. The van der Waals surface area contributed by atoms with E-state index in [0.717, 1.165) is 5.75 Å². The molecular weight excluding hydrogens is 196 g/mol. The third-order valence-corrected chi connectivity index (χ3v) is 1.33. The van der Waals surface area contributed by atoms with Gasteiger partial charge in [0.25, 0.3) is 0 Å². The van der Waals surface area contributed by atoms with Gasteiger partial charge in [0.1, 0.15) is 5.75 Å². The minimum Gasteiger partial charge on any atom is -0.465 e. The summed E-state index contributed by atoms with van der Waals surface area (Å²) in [5.74, 6) is 0.859. The van der Waals surface area contributed by atoms with E-state index in [9.17, 15) is 0 Å². The van der Waals surface area contributed by atoms with Crippen LogP contribution in [0.5, 0.6) is 5.75 Å². The zero-order valence-corrected chi connectivity index (χ0v) is 9.17. The largest absolute Gasteiger partial charge is 0.465 e. The molecule has 13 heavy (non-hydrogen) atoms. The molecule has 1 rings (SSSR count). The topological polar surface area (TPSA) is 9.23 Å². The van der Waals surface area contributed by atoms with E-state index < -0.39 is 0 Å². The van der Waals surface area contributed by atoms with Crippen LogP contribution in [0.3, 0.4) is 0 Å². The molecule has 0 saturated carbocycles. The molecule has 0 radical (unpaired) electrons. The van der Waals surface area contributed by atoms with E-state index >= 15 is 0 Å². The van der Waals surface area contributed by atoms with Crippen molar-refractivity contribution in [1.29, 1.82) is 0 Å². The quantitative estimate of drug-likeness (QED) is 0.421. The maximum atomic E-state index is 5.28. The molecule has 0 fully saturated rings. The summed E-state index contributed by atoms with van der Waals surface area (Å²) in [6, 6.07) is 9.68. The van der Waals surface area contributed by atoms with Gasteiger partial charge in [-0.3, -0.25) is 0 Å². The van der Waals surface area contributed by atoms with Gasteiger partial charge in [0, 0.05) is 21.7 Å². The molecule has 0 aromatic heterocycles. The van der Waals surface area contributed by atoms with E-state index in [-0.39, 0.29) is 21.7 Å². The van der Waals surface area contributed by atoms with E-state index in [1.165, 1.54) is 0 Å². The van der Waals surface area contributed by atoms with Gasteiger partial charge in [0.2, 0.25) is 0 Å². The van der Waals surface area contributed by atoms with Crippen molar-refractivity contribution in [2.45, 2.75) is 6.92 Å². The number of rotatable bonds is 3. The Balaban J connectivity index is 0.00000144. The average molecular weight is 208 g/mol. The van der Waals surface area contributed by atoms with Crippen LogP contribution < -0.4 is 4.74 Å². The molecule has 0 aliphatic carbocycles. The van der Waals surface area contributed by atoms with Crippen LogP contribution in [0, 0.1) is 0 Å². The Morgan fingerprint density at radius 2 is 1.77 bits per heavy atom. The monoisotopic (exact) mass is 208 g/mol. The van der Waals surface area contributed by atoms with Crippen LogP contribution in [0.15, 0.2) is 54.8 Å². The van der Waals surface area contributed by atoms with Gasteiger partial charge in [0.05, 0.1) is 6.26 Å². The molecule has 0 aliphatic heterocycles. The van der Waals surface area contributed by atoms with E-state index in [4.69, 9.17) is 4.74 Å². The fraction of sp³-hybridized carbons (Fsp3) is 0.0909. The smallest absolute Gasteiger partial charge is 0.126 e. The number of ether oxygens (including phenoxy) is 1. The summed E-state index contributed by atoms with van der Waals surface area (Å²) in [6.07, 6.45) is 7.39. The van der Waals surface area contributed by atoms with Gasteiger partial charge in [0.15, 0.2) is 0 Å². The fourth-order valence-electron chi connectivity index (χ4n) is 0.773. The van der Waals surface area contributed by atoms with Crippen LogP contribution in [0.1, 0.15) is 6.92 Å². The van der Waals surface area contributed by atoms with Crippen molar-refractivity contribution in [3.63, 3.8) is 0 Å². The molecule has 0 unspecified atom stereocenters. The minimum absolute atomic E-state index is 0. The van der Waals surface area contributed by atoms with Gasteiger partial charge in [-0.2, -0.15) is 0 Å². The van der Waals surface area contributed by atoms with Gasteiger partial charge in [-0.25, -0.2) is 0 Å². The van der Waals surface area contributed by atoms with Crippen LogP contribution in [0.4, 0.5) is 0 Å². The molecule has 0 N–H and O–H groups in total. The summed E-state index contributed by atoms with van der Waals surface area (Å²) in [5, 5.41) is 0. The third-order valence-electron chi connectivity index (χ3n) is 1.33. The third kappa shape index (κ3) is 5.45. The van der Waals surface area contributed by atoms with Crippen LogP contribution in [-0.2, 0) is 21.7 Å². The van der Waals surface area contributed by atoms with Crippen molar-refractivity contribution in [3.05, 3.63) is 54.8 Å². The molecule has 1 nitrogen and oxygen atoms in total. The van der Waals surface area contributed by atoms with Crippen LogP contribution in [0.25, 0.3) is 0 Å². The first-order chi connectivity index (χ1) is 5.93. The van der Waals surface area contributed by atoms with Crippen molar-refractivity contribution >= 4 is 0 Å². The van der Waals surface area contributed by atoms with Gasteiger partial charge >= 0.3 is 0 Å². The first-order valence-corrected chi connectivity index (χ1v) is 3.93. The average Bonchev–Trinajstić information content (AvgIpc) is 2.14. The Morgan fingerprint density at radius 1 is 1.08 bits per heavy atom. The first kappa shape index (κ1) is 12.2. The Morgan fingerprint density at radius 3 is 2.38 bits per heavy atom. The van der Waals surface area contributed by atoms with Crippen molar-refractivity contribution < 1.29 is 26.5 Å². The summed E-state index contributed by atoms with van der Waals surface area (Å²) in [7, 11) is 0. The van der Waals surface area contributed by atoms with Crippen LogP contribution >= 0.6 is 0 Å². The van der Waals surface area contributed by atoms with Gasteiger partial charge in [-0.1, -0.05) is 30.4 Å². The van der Waals surface area contributed by atoms with Crippen LogP contribution in [-0.4, -0.2) is 0 Å². The van der Waals surface area contributed by atoms with E-state index in [1.807, 2.05) is 55.5 Å². The Labute approximate surface area is 94.0 Å². The van der Waals surface area contributed by atoms with Crippen molar-refractivity contribution in [1.82, 2.24) is 0 Å². The second-order valence-corrected chi connectivity index (χ2v) is 2.29. The summed E-state index contributed by atoms with van der Waals surface area (Å²) in [4.78, 5) is 0. The molecule has 0 spiro atoms. The first-order valence-electron chi connectivity index (χ1n) is 3.93. The van der Waals surface area contributed by atoms with Crippen LogP contribution in [0.2, 0.25) is 0 Å². The molecule has 66 valence electrons. The molecule has 0 amide bonds. The molecule has 2 heteroatoms. The molecular formula is C11H12OTi. The van der Waals surface area contributed by atoms with Crippen molar-refractivity contribution in [2.75, 3.05) is 0 Å². The summed E-state index contributed by atoms with van der Waals surface area (Å²) < 4.78 is 5.28. The Bertz CT molecular complexity index is 265. The summed E-state index contributed by atoms with van der Waals surface area (Å²) >= 11 is 0. The second kappa shape index (κ2) is 7.84. The predicted octanol–water partition coefficient (Wildman–Crippen LogP) is 3.15. The summed E-state index contributed by atoms with van der Waals surface area (Å²) in [5.41, 5.74) is 0. The van der Waals surface area contributed by atoms with Gasteiger partial charge in [-0.15, -0.1) is 0 Å². The fourth-order valence-corrected chi connectivity index (χ4v) is 0.773. The number of hydrogen-bond acceptors (Lipinski definition) is 1. The zero-order chi connectivity index (χ0) is 8.65. The Kier molecular flexibility index (Phi) is 7.37.